The van der Waals surface area contributed by atoms with Crippen molar-refractivity contribution in [3.05, 3.63) is 233 Å². The first kappa shape index (κ1) is 42.1. The van der Waals surface area contributed by atoms with Crippen LogP contribution in [0.25, 0.3) is 38.8 Å². The van der Waals surface area contributed by atoms with Crippen LogP contribution in [0.15, 0.2) is 201 Å². The molecule has 0 aromatic heterocycles. The second kappa shape index (κ2) is 20.8. The highest BCUT2D eigenvalue weighted by Crippen LogP contribution is 2.43. The van der Waals surface area contributed by atoms with Crippen LogP contribution in [0.1, 0.15) is 76.3 Å². The molecule has 7 rings (SSSR count). The van der Waals surface area contributed by atoms with E-state index in [0.717, 1.165) is 13.0 Å². The number of fused-ring (bicyclic) bond motifs is 4. The summed E-state index contributed by atoms with van der Waals surface area (Å²) in [5, 5.41) is 11.5. The average molecular weight is 746 g/mol. The summed E-state index contributed by atoms with van der Waals surface area (Å²) in [7, 11) is 0. The summed E-state index contributed by atoms with van der Waals surface area (Å²) in [6.07, 6.45) is 20.9. The van der Waals surface area contributed by atoms with E-state index in [1.165, 1.54) is 71.0 Å². The van der Waals surface area contributed by atoms with Crippen molar-refractivity contribution in [3.63, 3.8) is 0 Å². The maximum Gasteiger partial charge on any atom is 0.0512 e. The lowest BCUT2D eigenvalue weighted by atomic mass is 9.70. The standard InChI is InChI=1S/C40H45N.C14H10.C2H4/c1-7-10-16-27-40(6)28-26-35(37-20-14-15-21-38(37)40)30(4)29-39(41-9-3)34-24-22-32(23-25-34)31(5)36-19-13-12-18-33(36)17-11-8-2;1-3-7-13-11(5-1)9-10-12-6-2-4-8-14(12)13;1-2/h7-8,10-27,29,39,41H,9,28H2,1-6H3;1-10H;1-2H2/b10-7-,11-8+,27-16-,30-29+,33-17-,36-31+;;. The van der Waals surface area contributed by atoms with E-state index in [-0.39, 0.29) is 11.5 Å². The number of benzene rings is 6. The van der Waals surface area contributed by atoms with Gasteiger partial charge < -0.3 is 5.32 Å². The van der Waals surface area contributed by atoms with Crippen LogP contribution in [-0.4, -0.2) is 6.54 Å². The molecule has 1 aliphatic rings. The summed E-state index contributed by atoms with van der Waals surface area (Å²) in [5.41, 5.74) is 9.20. The van der Waals surface area contributed by atoms with E-state index in [4.69, 9.17) is 0 Å². The van der Waals surface area contributed by atoms with Gasteiger partial charge in [0.05, 0.1) is 6.04 Å². The lowest BCUT2D eigenvalue weighted by molar-refractivity contribution is 0.596. The van der Waals surface area contributed by atoms with Crippen molar-refractivity contribution in [2.75, 3.05) is 6.54 Å². The molecule has 2 unspecified atom stereocenters. The zero-order valence-electron chi connectivity index (χ0n) is 34.8. The van der Waals surface area contributed by atoms with Gasteiger partial charge in [-0.05, 0) is 112 Å². The SMILES string of the molecule is C/C=C\C=C/C1(C)CC=C(/C(C)=C/C(NCC)c2ccc(\C(C)=c3/cccc/c3=C/C=C/C)cc2)c2ccccc21.C=C.c1ccc2c(c1)ccc1ccccc12. The van der Waals surface area contributed by atoms with Crippen molar-refractivity contribution in [2.24, 2.45) is 0 Å². The fourth-order valence-electron chi connectivity index (χ4n) is 7.73. The van der Waals surface area contributed by atoms with Gasteiger partial charge in [-0.3, -0.25) is 0 Å². The van der Waals surface area contributed by atoms with E-state index in [0.29, 0.717) is 0 Å². The molecular weight excluding hydrogens is 687 g/mol. The Hall–Kier alpha value is -6.02. The molecule has 0 saturated carbocycles. The Morgan fingerprint density at radius 3 is 1.95 bits per heavy atom. The second-order valence-electron chi connectivity index (χ2n) is 14.6. The van der Waals surface area contributed by atoms with Gasteiger partial charge in [-0.2, -0.15) is 0 Å². The monoisotopic (exact) mass is 745 g/mol. The van der Waals surface area contributed by atoms with Crippen LogP contribution in [0, 0.1) is 0 Å². The van der Waals surface area contributed by atoms with Gasteiger partial charge in [0.2, 0.25) is 0 Å². The van der Waals surface area contributed by atoms with E-state index < -0.39 is 0 Å². The molecule has 0 fully saturated rings. The first-order chi connectivity index (χ1) is 27.9. The molecule has 1 N–H and O–H groups in total. The summed E-state index contributed by atoms with van der Waals surface area (Å²) < 4.78 is 0. The molecule has 0 radical (unpaired) electrons. The topological polar surface area (TPSA) is 12.0 Å². The minimum Gasteiger partial charge on any atom is -0.307 e. The Kier molecular flexibility index (Phi) is 15.4. The number of rotatable bonds is 9. The van der Waals surface area contributed by atoms with Gasteiger partial charge in [-0.1, -0.05) is 202 Å². The normalized spacial score (nSPS) is 16.8. The highest BCUT2D eigenvalue weighted by molar-refractivity contribution is 6.07. The van der Waals surface area contributed by atoms with E-state index in [2.05, 4.69) is 248 Å². The maximum atomic E-state index is 3.71. The highest BCUT2D eigenvalue weighted by Gasteiger charge is 2.30. The Bertz CT molecular complexity index is 2480. The summed E-state index contributed by atoms with van der Waals surface area (Å²) >= 11 is 0. The molecule has 1 heteroatoms. The Morgan fingerprint density at radius 2 is 1.30 bits per heavy atom. The zero-order chi connectivity index (χ0) is 40.6. The first-order valence-electron chi connectivity index (χ1n) is 20.3. The molecule has 57 heavy (non-hydrogen) atoms. The van der Waals surface area contributed by atoms with Crippen molar-refractivity contribution in [2.45, 2.75) is 59.4 Å². The summed E-state index contributed by atoms with van der Waals surface area (Å²) in [5.74, 6) is 0. The molecular formula is C56H59N. The molecule has 0 aliphatic heterocycles. The van der Waals surface area contributed by atoms with Gasteiger partial charge >= 0.3 is 0 Å². The Morgan fingerprint density at radius 1 is 0.702 bits per heavy atom. The lowest BCUT2D eigenvalue weighted by Gasteiger charge is -2.33. The molecule has 0 saturated heterocycles. The molecule has 1 aliphatic carbocycles. The zero-order valence-corrected chi connectivity index (χ0v) is 34.8. The predicted molar refractivity (Wildman–Crippen MR) is 253 cm³/mol. The van der Waals surface area contributed by atoms with Crippen molar-refractivity contribution < 1.29 is 0 Å². The van der Waals surface area contributed by atoms with Crippen LogP contribution in [0.2, 0.25) is 0 Å². The fourth-order valence-corrected chi connectivity index (χ4v) is 7.73. The van der Waals surface area contributed by atoms with Gasteiger partial charge in [0.25, 0.3) is 0 Å². The number of nitrogens with one attached hydrogen (secondary N) is 1. The van der Waals surface area contributed by atoms with Crippen LogP contribution in [0.3, 0.4) is 0 Å². The third-order valence-electron chi connectivity index (χ3n) is 10.8. The van der Waals surface area contributed by atoms with Crippen molar-refractivity contribution >= 4 is 38.8 Å². The molecule has 1 nitrogen and oxygen atoms in total. The van der Waals surface area contributed by atoms with E-state index in [9.17, 15) is 0 Å². The summed E-state index contributed by atoms with van der Waals surface area (Å²) in [6.45, 7) is 20.0. The van der Waals surface area contributed by atoms with Gasteiger partial charge in [-0.25, -0.2) is 0 Å². The molecule has 2 atom stereocenters. The molecule has 0 bridgehead atoms. The smallest absolute Gasteiger partial charge is 0.0512 e. The Labute approximate surface area is 342 Å². The average Bonchev–Trinajstić information content (AvgIpc) is 3.26. The number of allylic oxidation sites excluding steroid dienone is 9. The van der Waals surface area contributed by atoms with Crippen LogP contribution < -0.4 is 15.8 Å². The van der Waals surface area contributed by atoms with Crippen molar-refractivity contribution in [3.8, 4) is 0 Å². The van der Waals surface area contributed by atoms with Gasteiger partial charge in [0.1, 0.15) is 0 Å². The quantitative estimate of drug-likeness (QED) is 0.0883. The van der Waals surface area contributed by atoms with E-state index in [1.807, 2.05) is 0 Å². The predicted octanol–water partition coefficient (Wildman–Crippen LogP) is 13.5. The summed E-state index contributed by atoms with van der Waals surface area (Å²) in [4.78, 5) is 0. The molecule has 6 aromatic carbocycles. The number of likely N-dealkylation sites (N-methyl/N-ethyl adjacent to an activating group) is 1. The minimum atomic E-state index is -0.00561. The van der Waals surface area contributed by atoms with Crippen LogP contribution >= 0.6 is 0 Å². The molecule has 0 heterocycles. The van der Waals surface area contributed by atoms with Crippen LogP contribution in [-0.2, 0) is 5.41 Å². The molecule has 0 amide bonds. The molecule has 0 spiro atoms. The summed E-state index contributed by atoms with van der Waals surface area (Å²) in [6, 6.07) is 48.1. The van der Waals surface area contributed by atoms with Crippen molar-refractivity contribution in [1.29, 1.82) is 0 Å². The van der Waals surface area contributed by atoms with Crippen LogP contribution in [0.4, 0.5) is 0 Å². The largest absolute Gasteiger partial charge is 0.307 e. The fraction of sp³-hybridized carbons (Fsp3) is 0.179. The van der Waals surface area contributed by atoms with Gasteiger partial charge in [0, 0.05) is 5.41 Å². The lowest BCUT2D eigenvalue weighted by Crippen LogP contribution is -2.26. The molecule has 288 valence electrons. The highest BCUT2D eigenvalue weighted by atomic mass is 14.9. The van der Waals surface area contributed by atoms with Gasteiger partial charge in [-0.15, -0.1) is 13.2 Å². The number of hydrogen-bond donors (Lipinski definition) is 1. The maximum absolute atomic E-state index is 3.71. The van der Waals surface area contributed by atoms with Crippen LogP contribution in [0.5, 0.6) is 0 Å². The van der Waals surface area contributed by atoms with E-state index >= 15 is 0 Å². The second-order valence-corrected chi connectivity index (χ2v) is 14.6. The van der Waals surface area contributed by atoms with Crippen molar-refractivity contribution in [1.82, 2.24) is 5.32 Å². The third-order valence-corrected chi connectivity index (χ3v) is 10.8. The first-order valence-corrected chi connectivity index (χ1v) is 20.3. The van der Waals surface area contributed by atoms with E-state index in [1.54, 1.807) is 0 Å². The Balaban J connectivity index is 0.000000319. The minimum absolute atomic E-state index is 0.00561. The van der Waals surface area contributed by atoms with Gasteiger partial charge in [0.15, 0.2) is 0 Å². The third kappa shape index (κ3) is 10.2. The molecule has 6 aromatic rings. The number of hydrogen-bond acceptors (Lipinski definition) is 1.